The molecule has 0 bridgehead atoms. The van der Waals surface area contributed by atoms with Crippen LogP contribution in [0.3, 0.4) is 0 Å². The molecule has 0 radical (unpaired) electrons. The monoisotopic (exact) mass is 203 g/mol. The van der Waals surface area contributed by atoms with Gasteiger partial charge in [-0.2, -0.15) is 0 Å². The SMILES string of the molecule is [C-]#[N+]c1ccc(C(=O)OC(C)(C)C)cc1. The lowest BCUT2D eigenvalue weighted by Gasteiger charge is -2.19. The molecule has 0 spiro atoms. The van der Waals surface area contributed by atoms with Crippen LogP contribution in [0.15, 0.2) is 24.3 Å². The average molecular weight is 203 g/mol. The molecule has 0 amide bonds. The molecular formula is C12H13NO2. The standard InChI is InChI=1S/C12H13NO2/c1-12(2,3)15-11(14)9-5-7-10(13-4)8-6-9/h5-8H,1-3H3. The van der Waals surface area contributed by atoms with Crippen molar-refractivity contribution < 1.29 is 9.53 Å². The number of nitrogens with zero attached hydrogens (tertiary/aromatic N) is 1. The quantitative estimate of drug-likeness (QED) is 0.518. The summed E-state index contributed by atoms with van der Waals surface area (Å²) in [6.45, 7) is 12.2. The molecule has 0 aliphatic carbocycles. The molecule has 0 saturated carbocycles. The topological polar surface area (TPSA) is 30.7 Å². The van der Waals surface area contributed by atoms with Crippen molar-refractivity contribution in [2.75, 3.05) is 0 Å². The van der Waals surface area contributed by atoms with E-state index in [1.54, 1.807) is 24.3 Å². The summed E-state index contributed by atoms with van der Waals surface area (Å²) in [5.74, 6) is -0.362. The molecule has 0 aliphatic heterocycles. The number of esters is 1. The van der Waals surface area contributed by atoms with Crippen molar-refractivity contribution in [2.45, 2.75) is 26.4 Å². The Bertz CT molecular complexity index is 393. The molecule has 0 aromatic heterocycles. The van der Waals surface area contributed by atoms with E-state index < -0.39 is 5.60 Å². The maximum Gasteiger partial charge on any atom is 0.338 e. The normalized spacial score (nSPS) is 10.5. The minimum absolute atomic E-state index is 0.362. The van der Waals surface area contributed by atoms with Gasteiger partial charge in [-0.05, 0) is 20.8 Å². The Labute approximate surface area is 89.5 Å². The third kappa shape index (κ3) is 3.43. The number of carbonyl (C=O) groups is 1. The average Bonchev–Trinajstić information content (AvgIpc) is 2.15. The van der Waals surface area contributed by atoms with E-state index in [0.717, 1.165) is 0 Å². The van der Waals surface area contributed by atoms with Gasteiger partial charge < -0.3 is 4.74 Å². The first-order chi connectivity index (χ1) is 6.92. The summed E-state index contributed by atoms with van der Waals surface area (Å²) in [6.07, 6.45) is 0. The Kier molecular flexibility index (Phi) is 3.11. The van der Waals surface area contributed by atoms with Crippen molar-refractivity contribution in [1.29, 1.82) is 0 Å². The third-order valence-corrected chi connectivity index (χ3v) is 1.63. The van der Waals surface area contributed by atoms with Gasteiger partial charge in [0.1, 0.15) is 5.60 Å². The van der Waals surface area contributed by atoms with Crippen LogP contribution in [0.2, 0.25) is 0 Å². The van der Waals surface area contributed by atoms with Crippen molar-refractivity contribution in [2.24, 2.45) is 0 Å². The summed E-state index contributed by atoms with van der Waals surface area (Å²) < 4.78 is 5.18. The van der Waals surface area contributed by atoms with Crippen molar-refractivity contribution in [3.8, 4) is 0 Å². The predicted octanol–water partition coefficient (Wildman–Crippen LogP) is 3.19. The van der Waals surface area contributed by atoms with E-state index in [0.29, 0.717) is 11.3 Å². The summed E-state index contributed by atoms with van der Waals surface area (Å²) >= 11 is 0. The van der Waals surface area contributed by atoms with Gasteiger partial charge in [0.2, 0.25) is 0 Å². The number of rotatable bonds is 1. The van der Waals surface area contributed by atoms with Crippen molar-refractivity contribution in [1.82, 2.24) is 0 Å². The van der Waals surface area contributed by atoms with Crippen LogP contribution in [-0.4, -0.2) is 11.6 Å². The summed E-state index contributed by atoms with van der Waals surface area (Å²) in [5.41, 5.74) is 0.495. The van der Waals surface area contributed by atoms with Gasteiger partial charge in [0.05, 0.1) is 12.1 Å². The summed E-state index contributed by atoms with van der Waals surface area (Å²) in [4.78, 5) is 14.8. The minimum atomic E-state index is -0.491. The molecule has 0 fully saturated rings. The lowest BCUT2D eigenvalue weighted by atomic mass is 10.1. The van der Waals surface area contributed by atoms with Gasteiger partial charge in [0.15, 0.2) is 5.69 Å². The molecular weight excluding hydrogens is 190 g/mol. The fourth-order valence-corrected chi connectivity index (χ4v) is 1.01. The molecule has 0 aliphatic rings. The Morgan fingerprint density at radius 1 is 1.27 bits per heavy atom. The van der Waals surface area contributed by atoms with E-state index in [4.69, 9.17) is 11.3 Å². The Morgan fingerprint density at radius 3 is 2.20 bits per heavy atom. The number of ether oxygens (including phenoxy) is 1. The van der Waals surface area contributed by atoms with Crippen LogP contribution >= 0.6 is 0 Å². The molecule has 0 N–H and O–H groups in total. The summed E-state index contributed by atoms with van der Waals surface area (Å²) in [6, 6.07) is 6.40. The van der Waals surface area contributed by atoms with Crippen LogP contribution in [0.25, 0.3) is 4.85 Å². The van der Waals surface area contributed by atoms with E-state index >= 15 is 0 Å². The highest BCUT2D eigenvalue weighted by atomic mass is 16.6. The van der Waals surface area contributed by atoms with Gasteiger partial charge in [-0.3, -0.25) is 0 Å². The van der Waals surface area contributed by atoms with Crippen LogP contribution < -0.4 is 0 Å². The molecule has 1 aromatic carbocycles. The van der Waals surface area contributed by atoms with Crippen molar-refractivity contribution in [3.63, 3.8) is 0 Å². The number of hydrogen-bond donors (Lipinski definition) is 0. The van der Waals surface area contributed by atoms with E-state index in [2.05, 4.69) is 4.85 Å². The Hall–Kier alpha value is -1.82. The Balaban J connectivity index is 2.80. The maximum atomic E-state index is 11.6. The molecule has 78 valence electrons. The van der Waals surface area contributed by atoms with Crippen LogP contribution in [0, 0.1) is 6.57 Å². The second-order valence-corrected chi connectivity index (χ2v) is 4.16. The van der Waals surface area contributed by atoms with Crippen LogP contribution in [0.5, 0.6) is 0 Å². The molecule has 0 atom stereocenters. The van der Waals surface area contributed by atoms with Crippen molar-refractivity contribution >= 4 is 11.7 Å². The molecule has 0 heterocycles. The van der Waals surface area contributed by atoms with Crippen molar-refractivity contribution in [3.05, 3.63) is 41.2 Å². The zero-order chi connectivity index (χ0) is 11.5. The first kappa shape index (κ1) is 11.3. The molecule has 0 unspecified atom stereocenters. The molecule has 3 heteroatoms. The lowest BCUT2D eigenvalue weighted by Crippen LogP contribution is -2.23. The zero-order valence-corrected chi connectivity index (χ0v) is 9.07. The van der Waals surface area contributed by atoms with E-state index in [-0.39, 0.29) is 5.97 Å². The zero-order valence-electron chi connectivity index (χ0n) is 9.07. The van der Waals surface area contributed by atoms with E-state index in [1.807, 2.05) is 20.8 Å². The minimum Gasteiger partial charge on any atom is -0.456 e. The van der Waals surface area contributed by atoms with Crippen LogP contribution in [0.1, 0.15) is 31.1 Å². The molecule has 1 rings (SSSR count). The maximum absolute atomic E-state index is 11.6. The van der Waals surface area contributed by atoms with Crippen LogP contribution in [-0.2, 0) is 4.74 Å². The summed E-state index contributed by atoms with van der Waals surface area (Å²) in [5, 5.41) is 0. The molecule has 0 saturated heterocycles. The van der Waals surface area contributed by atoms with Crippen LogP contribution in [0.4, 0.5) is 5.69 Å². The molecule has 1 aromatic rings. The third-order valence-electron chi connectivity index (χ3n) is 1.63. The predicted molar refractivity (Wildman–Crippen MR) is 57.9 cm³/mol. The lowest BCUT2D eigenvalue weighted by molar-refractivity contribution is 0.00696. The second-order valence-electron chi connectivity index (χ2n) is 4.16. The van der Waals surface area contributed by atoms with Gasteiger partial charge >= 0.3 is 5.97 Å². The number of benzene rings is 1. The Morgan fingerprint density at radius 2 is 1.80 bits per heavy atom. The van der Waals surface area contributed by atoms with E-state index in [9.17, 15) is 4.79 Å². The fraction of sp³-hybridized carbons (Fsp3) is 0.333. The first-order valence-electron chi connectivity index (χ1n) is 4.63. The van der Waals surface area contributed by atoms with Gasteiger partial charge in [-0.1, -0.05) is 24.3 Å². The highest BCUT2D eigenvalue weighted by Gasteiger charge is 2.17. The van der Waals surface area contributed by atoms with E-state index in [1.165, 1.54) is 0 Å². The molecule has 3 nitrogen and oxygen atoms in total. The van der Waals surface area contributed by atoms with Gasteiger partial charge in [-0.25, -0.2) is 9.64 Å². The second kappa shape index (κ2) is 4.14. The highest BCUT2D eigenvalue weighted by molar-refractivity contribution is 5.90. The highest BCUT2D eigenvalue weighted by Crippen LogP contribution is 2.16. The number of hydrogen-bond acceptors (Lipinski definition) is 2. The van der Waals surface area contributed by atoms with Gasteiger partial charge in [0.25, 0.3) is 0 Å². The van der Waals surface area contributed by atoms with Gasteiger partial charge in [0, 0.05) is 0 Å². The largest absolute Gasteiger partial charge is 0.456 e. The smallest absolute Gasteiger partial charge is 0.338 e. The first-order valence-corrected chi connectivity index (χ1v) is 4.63. The van der Waals surface area contributed by atoms with Gasteiger partial charge in [-0.15, -0.1) is 0 Å². The molecule has 15 heavy (non-hydrogen) atoms. The summed E-state index contributed by atoms with van der Waals surface area (Å²) in [7, 11) is 0. The fourth-order valence-electron chi connectivity index (χ4n) is 1.01. The number of carbonyl (C=O) groups excluding carboxylic acids is 1.